The number of anilines is 2. The second-order valence-corrected chi connectivity index (χ2v) is 9.51. The van der Waals surface area contributed by atoms with Crippen molar-refractivity contribution in [1.82, 2.24) is 15.3 Å². The van der Waals surface area contributed by atoms with Crippen molar-refractivity contribution in [3.05, 3.63) is 54.1 Å². The van der Waals surface area contributed by atoms with Crippen LogP contribution in [0.15, 0.2) is 48.5 Å². The summed E-state index contributed by atoms with van der Waals surface area (Å²) in [5, 5.41) is 11.3. The zero-order valence-electron chi connectivity index (χ0n) is 19.7. The molecule has 2 aliphatic carbocycles. The van der Waals surface area contributed by atoms with E-state index >= 15 is 0 Å². The van der Waals surface area contributed by atoms with Gasteiger partial charge in [0, 0.05) is 24.5 Å². The van der Waals surface area contributed by atoms with Gasteiger partial charge in [-0.3, -0.25) is 4.79 Å². The lowest BCUT2D eigenvalue weighted by atomic mass is 9.86. The highest BCUT2D eigenvalue weighted by atomic mass is 16.5. The van der Waals surface area contributed by atoms with Crippen molar-refractivity contribution in [3.63, 3.8) is 0 Å². The third kappa shape index (κ3) is 5.41. The molecular weight excluding hydrogens is 426 g/mol. The molecule has 0 saturated heterocycles. The van der Waals surface area contributed by atoms with Crippen molar-refractivity contribution in [3.8, 4) is 5.75 Å². The Hall–Kier alpha value is -3.35. The Labute approximate surface area is 200 Å². The monoisotopic (exact) mass is 459 g/mol. The molecule has 3 N–H and O–H groups in total. The largest absolute Gasteiger partial charge is 0.496 e. The van der Waals surface area contributed by atoms with Crippen LogP contribution in [-0.4, -0.2) is 42.1 Å². The van der Waals surface area contributed by atoms with Crippen LogP contribution >= 0.6 is 0 Å². The summed E-state index contributed by atoms with van der Waals surface area (Å²) in [6.45, 7) is 1.66. The molecule has 1 aromatic heterocycles. The van der Waals surface area contributed by atoms with Crippen LogP contribution in [0.2, 0.25) is 0 Å². The van der Waals surface area contributed by atoms with Crippen LogP contribution < -0.4 is 20.7 Å². The van der Waals surface area contributed by atoms with E-state index in [4.69, 9.17) is 14.7 Å². The molecule has 0 atom stereocenters. The van der Waals surface area contributed by atoms with E-state index in [0.717, 1.165) is 54.9 Å². The van der Waals surface area contributed by atoms with Crippen LogP contribution in [-0.2, 0) is 0 Å². The van der Waals surface area contributed by atoms with E-state index in [2.05, 4.69) is 22.0 Å². The molecule has 0 radical (unpaired) electrons. The van der Waals surface area contributed by atoms with Gasteiger partial charge in [0.15, 0.2) is 0 Å². The maximum Gasteiger partial charge on any atom is 0.255 e. The van der Waals surface area contributed by atoms with Gasteiger partial charge in [-0.15, -0.1) is 0 Å². The lowest BCUT2D eigenvalue weighted by Crippen LogP contribution is -2.34. The zero-order chi connectivity index (χ0) is 23.3. The van der Waals surface area contributed by atoms with Gasteiger partial charge in [-0.25, -0.2) is 4.98 Å². The summed E-state index contributed by atoms with van der Waals surface area (Å²) < 4.78 is 5.31. The maximum atomic E-state index is 12.6. The van der Waals surface area contributed by atoms with Crippen LogP contribution in [0.25, 0.3) is 10.9 Å². The third-order valence-corrected chi connectivity index (χ3v) is 6.94. The molecule has 3 aromatic rings. The van der Waals surface area contributed by atoms with Crippen LogP contribution in [0.3, 0.4) is 0 Å². The maximum absolute atomic E-state index is 12.6. The summed E-state index contributed by atoms with van der Waals surface area (Å²) in [6.07, 6.45) is 6.81. The Morgan fingerprint density at radius 3 is 2.41 bits per heavy atom. The summed E-state index contributed by atoms with van der Waals surface area (Å²) in [7, 11) is 1.59. The Kier molecular flexibility index (Phi) is 6.79. The minimum Gasteiger partial charge on any atom is -0.496 e. The number of fused-ring (bicyclic) bond motifs is 1. The van der Waals surface area contributed by atoms with Gasteiger partial charge >= 0.3 is 0 Å². The lowest BCUT2D eigenvalue weighted by Gasteiger charge is -2.29. The zero-order valence-corrected chi connectivity index (χ0v) is 19.7. The summed E-state index contributed by atoms with van der Waals surface area (Å²) in [6, 6.07) is 15.9. The number of para-hydroxylation sites is 2. The highest BCUT2D eigenvalue weighted by Gasteiger charge is 2.24. The van der Waals surface area contributed by atoms with Crippen LogP contribution in [0.1, 0.15) is 48.9 Å². The third-order valence-electron chi connectivity index (χ3n) is 6.94. The number of aromatic nitrogens is 2. The molecule has 178 valence electrons. The first-order chi connectivity index (χ1) is 16.7. The number of methoxy groups -OCH3 is 1. The van der Waals surface area contributed by atoms with Crippen LogP contribution in [0, 0.1) is 11.8 Å². The summed E-state index contributed by atoms with van der Waals surface area (Å²) in [4.78, 5) is 22.2. The van der Waals surface area contributed by atoms with Crippen molar-refractivity contribution in [1.29, 1.82) is 0 Å². The van der Waals surface area contributed by atoms with Crippen molar-refractivity contribution in [2.45, 2.75) is 44.6 Å². The number of amides is 1. The summed E-state index contributed by atoms with van der Waals surface area (Å²) in [5.41, 5.74) is 1.55. The number of nitrogens with zero attached hydrogens (tertiary/aromatic N) is 2. The van der Waals surface area contributed by atoms with Gasteiger partial charge in [0.1, 0.15) is 11.6 Å². The first kappa shape index (κ1) is 22.4. The van der Waals surface area contributed by atoms with E-state index in [1.165, 1.54) is 12.8 Å². The molecule has 34 heavy (non-hydrogen) atoms. The van der Waals surface area contributed by atoms with Gasteiger partial charge < -0.3 is 20.7 Å². The van der Waals surface area contributed by atoms with Crippen LogP contribution in [0.5, 0.6) is 5.75 Å². The molecular formula is C27H33N5O2. The number of hydrogen-bond acceptors (Lipinski definition) is 6. The number of hydrogen-bond donors (Lipinski definition) is 3. The Morgan fingerprint density at radius 1 is 0.912 bits per heavy atom. The summed E-state index contributed by atoms with van der Waals surface area (Å²) >= 11 is 0. The summed E-state index contributed by atoms with van der Waals surface area (Å²) in [5.74, 6) is 3.41. The first-order valence-electron chi connectivity index (χ1n) is 12.4. The van der Waals surface area contributed by atoms with E-state index < -0.39 is 0 Å². The van der Waals surface area contributed by atoms with Crippen molar-refractivity contribution in [2.75, 3.05) is 30.8 Å². The van der Waals surface area contributed by atoms with Gasteiger partial charge in [0.25, 0.3) is 5.91 Å². The topological polar surface area (TPSA) is 88.2 Å². The molecule has 7 heteroatoms. The van der Waals surface area contributed by atoms with Gasteiger partial charge in [0.2, 0.25) is 5.95 Å². The lowest BCUT2D eigenvalue weighted by molar-refractivity contribution is 0.0940. The minimum absolute atomic E-state index is 0.0755. The minimum atomic E-state index is -0.0755. The van der Waals surface area contributed by atoms with Crippen molar-refractivity contribution >= 4 is 28.6 Å². The molecule has 5 rings (SSSR count). The second-order valence-electron chi connectivity index (χ2n) is 9.51. The van der Waals surface area contributed by atoms with E-state index in [-0.39, 0.29) is 5.91 Å². The van der Waals surface area contributed by atoms with E-state index in [0.29, 0.717) is 35.8 Å². The molecule has 2 fully saturated rings. The quantitative estimate of drug-likeness (QED) is 0.424. The van der Waals surface area contributed by atoms with Crippen molar-refractivity contribution < 1.29 is 9.53 Å². The molecule has 2 aliphatic rings. The molecule has 0 aliphatic heterocycles. The van der Waals surface area contributed by atoms with Gasteiger partial charge in [0.05, 0.1) is 18.2 Å². The SMILES string of the molecule is COc1ccccc1C(=O)NCC1CCC(Nc2nc(NCC3CC3)c3ccccc3n2)CC1. The highest BCUT2D eigenvalue weighted by molar-refractivity contribution is 5.96. The number of nitrogens with one attached hydrogen (secondary N) is 3. The molecule has 1 heterocycles. The van der Waals surface area contributed by atoms with E-state index in [9.17, 15) is 4.79 Å². The first-order valence-corrected chi connectivity index (χ1v) is 12.4. The fourth-order valence-corrected chi connectivity index (χ4v) is 4.70. The molecule has 1 amide bonds. The fourth-order valence-electron chi connectivity index (χ4n) is 4.70. The fraction of sp³-hybridized carbons (Fsp3) is 0.444. The molecule has 2 aromatic carbocycles. The van der Waals surface area contributed by atoms with Crippen LogP contribution in [0.4, 0.5) is 11.8 Å². The van der Waals surface area contributed by atoms with E-state index in [1.807, 2.05) is 36.4 Å². The molecule has 0 spiro atoms. The van der Waals surface area contributed by atoms with Gasteiger partial charge in [-0.05, 0) is 74.6 Å². The number of ether oxygens (including phenoxy) is 1. The molecule has 2 saturated carbocycles. The Balaban J connectivity index is 1.15. The predicted molar refractivity (Wildman–Crippen MR) is 135 cm³/mol. The standard InChI is InChI=1S/C27H33N5O2/c1-34-24-9-5-3-7-22(24)26(33)29-17-19-12-14-20(15-13-19)30-27-31-23-8-4-2-6-21(23)25(32-27)28-16-18-10-11-18/h2-9,18-20H,10-17H2,1H3,(H,29,33)(H2,28,30,31,32). The Bertz CT molecular complexity index is 1140. The number of rotatable bonds is 9. The predicted octanol–water partition coefficient (Wildman–Crippen LogP) is 4.86. The smallest absolute Gasteiger partial charge is 0.255 e. The number of carbonyl (C=O) groups excluding carboxylic acids is 1. The van der Waals surface area contributed by atoms with Gasteiger partial charge in [-0.1, -0.05) is 24.3 Å². The molecule has 0 unspecified atom stereocenters. The normalized spacial score (nSPS) is 20.0. The average molecular weight is 460 g/mol. The average Bonchev–Trinajstić information content (AvgIpc) is 3.71. The van der Waals surface area contributed by atoms with E-state index in [1.54, 1.807) is 13.2 Å². The number of benzene rings is 2. The van der Waals surface area contributed by atoms with Crippen molar-refractivity contribution in [2.24, 2.45) is 11.8 Å². The highest BCUT2D eigenvalue weighted by Crippen LogP contribution is 2.31. The van der Waals surface area contributed by atoms with Gasteiger partial charge in [-0.2, -0.15) is 4.98 Å². The Morgan fingerprint density at radius 2 is 1.62 bits per heavy atom. The molecule has 7 nitrogen and oxygen atoms in total. The number of carbonyl (C=O) groups is 1. The second kappa shape index (κ2) is 10.3. The molecule has 0 bridgehead atoms.